The third kappa shape index (κ3) is 3.84. The van der Waals surface area contributed by atoms with Crippen LogP contribution in [0.2, 0.25) is 0 Å². The van der Waals surface area contributed by atoms with Gasteiger partial charge < -0.3 is 9.47 Å². The zero-order valence-corrected chi connectivity index (χ0v) is 20.8. The van der Waals surface area contributed by atoms with Crippen molar-refractivity contribution in [2.75, 3.05) is 18.0 Å². The third-order valence-corrected chi connectivity index (χ3v) is 7.30. The van der Waals surface area contributed by atoms with Crippen LogP contribution in [-0.2, 0) is 20.5 Å². The molecule has 0 amide bonds. The number of nitrogens with zero attached hydrogens (tertiary/aromatic N) is 8. The van der Waals surface area contributed by atoms with E-state index in [0.717, 1.165) is 17.6 Å². The van der Waals surface area contributed by atoms with Gasteiger partial charge in [0, 0.05) is 56.9 Å². The lowest BCUT2D eigenvalue weighted by molar-refractivity contribution is 0.117. The van der Waals surface area contributed by atoms with E-state index in [4.69, 9.17) is 9.97 Å². The molecule has 35 heavy (non-hydrogen) atoms. The summed E-state index contributed by atoms with van der Waals surface area (Å²) < 4.78 is 3.33. The summed E-state index contributed by atoms with van der Waals surface area (Å²) in [4.78, 5) is 31.3. The van der Waals surface area contributed by atoms with Gasteiger partial charge in [0.15, 0.2) is 5.82 Å². The maximum absolute atomic E-state index is 12.8. The van der Waals surface area contributed by atoms with Gasteiger partial charge in [-0.15, -0.1) is 0 Å². The van der Waals surface area contributed by atoms with E-state index in [1.807, 2.05) is 23.9 Å². The Kier molecular flexibility index (Phi) is 5.77. The zero-order valence-electron chi connectivity index (χ0n) is 20.8. The monoisotopic (exact) mass is 470 g/mol. The largest absolute Gasteiger partial charge is 0.350 e. The molecule has 1 aromatic carbocycles. The molecule has 1 fully saturated rings. The molecule has 9 nitrogen and oxygen atoms in total. The van der Waals surface area contributed by atoms with Crippen LogP contribution in [-0.4, -0.2) is 54.2 Å². The summed E-state index contributed by atoms with van der Waals surface area (Å²) in [5, 5.41) is 11.5. The van der Waals surface area contributed by atoms with Crippen molar-refractivity contribution < 1.29 is 0 Å². The second-order valence-electron chi connectivity index (χ2n) is 9.55. The highest BCUT2D eigenvalue weighted by Crippen LogP contribution is 2.32. The van der Waals surface area contributed by atoms with Crippen molar-refractivity contribution in [2.24, 2.45) is 14.1 Å². The molecule has 3 atom stereocenters. The van der Waals surface area contributed by atoms with Crippen LogP contribution < -0.4 is 10.6 Å². The van der Waals surface area contributed by atoms with Gasteiger partial charge in [-0.2, -0.15) is 10.2 Å². The number of aryl methyl sites for hydroxylation is 2. The molecule has 0 spiro atoms. The summed E-state index contributed by atoms with van der Waals surface area (Å²) in [6, 6.07) is 13.1. The first-order chi connectivity index (χ1) is 16.8. The highest BCUT2D eigenvalue weighted by Gasteiger charge is 2.35. The topological polar surface area (TPSA) is 95.9 Å². The average molecular weight is 471 g/mol. The third-order valence-electron chi connectivity index (χ3n) is 7.30. The summed E-state index contributed by atoms with van der Waals surface area (Å²) >= 11 is 0. The lowest BCUT2D eigenvalue weighted by atomic mass is 10.0. The Morgan fingerprint density at radius 1 is 1.09 bits per heavy atom. The van der Waals surface area contributed by atoms with Crippen LogP contribution in [0, 0.1) is 11.3 Å². The van der Waals surface area contributed by atoms with Gasteiger partial charge in [-0.05, 0) is 32.2 Å². The predicted octanol–water partition coefficient (Wildman–Crippen LogP) is 2.94. The van der Waals surface area contributed by atoms with E-state index in [0.29, 0.717) is 29.4 Å². The van der Waals surface area contributed by atoms with E-state index in [2.05, 4.69) is 65.9 Å². The van der Waals surface area contributed by atoms with Gasteiger partial charge in [-0.3, -0.25) is 14.5 Å². The van der Waals surface area contributed by atoms with Gasteiger partial charge in [0.1, 0.15) is 17.0 Å². The fourth-order valence-corrected chi connectivity index (χ4v) is 5.29. The minimum Gasteiger partial charge on any atom is -0.349 e. The van der Waals surface area contributed by atoms with Crippen molar-refractivity contribution in [3.05, 3.63) is 58.5 Å². The Labute approximate surface area is 204 Å². The number of hydrogen-bond acceptors (Lipinski definition) is 7. The normalized spacial score (nSPS) is 19.8. The van der Waals surface area contributed by atoms with Crippen molar-refractivity contribution in [3.8, 4) is 6.07 Å². The van der Waals surface area contributed by atoms with Crippen LogP contribution in [0.1, 0.15) is 38.3 Å². The van der Waals surface area contributed by atoms with E-state index in [-0.39, 0.29) is 30.2 Å². The van der Waals surface area contributed by atoms with Crippen LogP contribution in [0.25, 0.3) is 21.9 Å². The Balaban J connectivity index is 1.48. The zero-order chi connectivity index (χ0) is 24.9. The number of aromatic nitrogens is 5. The molecule has 1 unspecified atom stereocenters. The highest BCUT2D eigenvalue weighted by molar-refractivity contribution is 5.85. The molecule has 1 aliphatic rings. The second-order valence-corrected chi connectivity index (χ2v) is 9.55. The van der Waals surface area contributed by atoms with Crippen LogP contribution in [0.4, 0.5) is 5.82 Å². The first-order valence-corrected chi connectivity index (χ1v) is 12.0. The summed E-state index contributed by atoms with van der Waals surface area (Å²) in [7, 11) is 3.54. The van der Waals surface area contributed by atoms with Crippen molar-refractivity contribution in [2.45, 2.75) is 45.3 Å². The van der Waals surface area contributed by atoms with Gasteiger partial charge in [-0.1, -0.05) is 24.3 Å². The van der Waals surface area contributed by atoms with E-state index >= 15 is 0 Å². The molecule has 180 valence electrons. The Bertz CT molecular complexity index is 1510. The smallest absolute Gasteiger partial charge is 0.349 e. The summed E-state index contributed by atoms with van der Waals surface area (Å²) in [6.45, 7) is 8.07. The number of fused-ring (bicyclic) bond motifs is 2. The van der Waals surface area contributed by atoms with Crippen molar-refractivity contribution in [1.82, 2.24) is 29.0 Å². The fraction of sp³-hybridized carbons (Fsp3) is 0.423. The van der Waals surface area contributed by atoms with E-state index in [1.165, 1.54) is 9.95 Å². The van der Waals surface area contributed by atoms with Crippen LogP contribution >= 0.6 is 0 Å². The molecular formula is C26H30N8O. The molecule has 3 aromatic heterocycles. The molecule has 9 heteroatoms. The van der Waals surface area contributed by atoms with Crippen molar-refractivity contribution in [3.63, 3.8) is 0 Å². The predicted molar refractivity (Wildman–Crippen MR) is 136 cm³/mol. The van der Waals surface area contributed by atoms with E-state index < -0.39 is 0 Å². The minimum atomic E-state index is -0.324. The molecule has 0 radical (unpaired) electrons. The summed E-state index contributed by atoms with van der Waals surface area (Å²) in [5.41, 5.74) is 2.07. The first kappa shape index (κ1) is 23.0. The molecule has 0 aliphatic carbocycles. The fourth-order valence-electron chi connectivity index (χ4n) is 5.29. The Hall–Kier alpha value is -3.77. The molecule has 0 saturated carbocycles. The molecule has 5 rings (SSSR count). The molecule has 4 aromatic rings. The van der Waals surface area contributed by atoms with Crippen molar-refractivity contribution in [1.29, 1.82) is 5.26 Å². The van der Waals surface area contributed by atoms with Gasteiger partial charge in [0.2, 0.25) is 0 Å². The van der Waals surface area contributed by atoms with E-state index in [1.54, 1.807) is 7.05 Å². The Morgan fingerprint density at radius 3 is 2.57 bits per heavy atom. The molecular weight excluding hydrogens is 440 g/mol. The van der Waals surface area contributed by atoms with Gasteiger partial charge in [-0.25, -0.2) is 9.78 Å². The van der Waals surface area contributed by atoms with E-state index in [9.17, 15) is 10.1 Å². The average Bonchev–Trinajstić information content (AvgIpc) is 3.18. The standard InChI is InChI=1S/C26H30N8O/c1-16-15-34(24-23-25(32(5)26(35)30-24)31(4)22(29-23)10-11-27)17(2)14-33(16)18(3)21-12-19-8-6-7-9-20(19)13-28-21/h6-9,12-13,16-18H,10,14-15H2,1-5H3/t16-,17+,18?/m1/s1. The number of anilines is 1. The minimum absolute atomic E-state index is 0.110. The van der Waals surface area contributed by atoms with Gasteiger partial charge in [0.05, 0.1) is 18.2 Å². The number of benzene rings is 1. The maximum atomic E-state index is 12.8. The van der Waals surface area contributed by atoms with Crippen molar-refractivity contribution >= 4 is 27.8 Å². The lowest BCUT2D eigenvalue weighted by Gasteiger charge is -2.47. The summed E-state index contributed by atoms with van der Waals surface area (Å²) in [6.07, 6.45) is 2.13. The lowest BCUT2D eigenvalue weighted by Crippen LogP contribution is -2.57. The van der Waals surface area contributed by atoms with Crippen LogP contribution in [0.15, 0.2) is 41.3 Å². The number of nitriles is 1. The number of hydrogen-bond donors (Lipinski definition) is 0. The quantitative estimate of drug-likeness (QED) is 0.452. The number of piperazine rings is 1. The molecule has 0 bridgehead atoms. The second kappa shape index (κ2) is 8.78. The molecule has 1 aliphatic heterocycles. The SMILES string of the molecule is CC(c1cc2ccccc2cn1)N1C[C@H](C)N(c2nc(=O)n(C)c3c2nc(CC#N)n3C)C[C@H]1C. The van der Waals surface area contributed by atoms with Gasteiger partial charge in [0.25, 0.3) is 0 Å². The molecule has 0 N–H and O–H groups in total. The molecule has 1 saturated heterocycles. The van der Waals surface area contributed by atoms with Gasteiger partial charge >= 0.3 is 5.69 Å². The van der Waals surface area contributed by atoms with Crippen LogP contribution in [0.3, 0.4) is 0 Å². The maximum Gasteiger partial charge on any atom is 0.350 e. The first-order valence-electron chi connectivity index (χ1n) is 12.0. The molecule has 4 heterocycles. The number of pyridine rings is 1. The van der Waals surface area contributed by atoms with Crippen LogP contribution in [0.5, 0.6) is 0 Å². The number of imidazole rings is 1. The Morgan fingerprint density at radius 2 is 1.83 bits per heavy atom. The number of rotatable bonds is 4. The highest BCUT2D eigenvalue weighted by atomic mass is 16.1. The summed E-state index contributed by atoms with van der Waals surface area (Å²) in [5.74, 6) is 1.22.